The minimum atomic E-state index is -4.91. The molecule has 0 aliphatic heterocycles. The van der Waals surface area contributed by atoms with E-state index in [0.717, 1.165) is 5.56 Å². The molecule has 0 saturated carbocycles. The highest BCUT2D eigenvalue weighted by Crippen LogP contribution is 2.29. The van der Waals surface area contributed by atoms with Crippen molar-refractivity contribution in [2.75, 3.05) is 5.32 Å². The fourth-order valence-corrected chi connectivity index (χ4v) is 2.18. The van der Waals surface area contributed by atoms with Gasteiger partial charge in [-0.25, -0.2) is 0 Å². The normalized spacial score (nSPS) is 11.2. The molecule has 3 nitrogen and oxygen atoms in total. The van der Waals surface area contributed by atoms with Gasteiger partial charge in [0, 0.05) is 5.69 Å². The van der Waals surface area contributed by atoms with Crippen molar-refractivity contribution in [1.29, 1.82) is 0 Å². The predicted molar refractivity (Wildman–Crippen MR) is 81.4 cm³/mol. The molecule has 0 aromatic heterocycles. The van der Waals surface area contributed by atoms with Crippen molar-refractivity contribution in [3.63, 3.8) is 0 Å². The largest absolute Gasteiger partial charge is 0.488 e. The van der Waals surface area contributed by atoms with Crippen LogP contribution in [0.3, 0.4) is 0 Å². The molecule has 2 aromatic carbocycles. The summed E-state index contributed by atoms with van der Waals surface area (Å²) in [6.07, 6.45) is -4.91. The summed E-state index contributed by atoms with van der Waals surface area (Å²) in [5, 5.41) is 1.85. The standard InChI is InChI=1S/C17H16F3NO2/c1-11-8-14(21-16(22)17(18,19)20)9-12(2)15(11)23-10-13-6-4-3-5-7-13/h3-9H,10H2,1-2H3,(H,21,22). The number of hydrogen-bond acceptors (Lipinski definition) is 2. The molecule has 2 rings (SSSR count). The van der Waals surface area contributed by atoms with Gasteiger partial charge >= 0.3 is 12.1 Å². The van der Waals surface area contributed by atoms with Crippen LogP contribution in [0.15, 0.2) is 42.5 Å². The zero-order valence-corrected chi connectivity index (χ0v) is 12.7. The van der Waals surface area contributed by atoms with Gasteiger partial charge in [-0.3, -0.25) is 4.79 Å². The number of carbonyl (C=O) groups is 1. The van der Waals surface area contributed by atoms with Gasteiger partial charge in [0.2, 0.25) is 0 Å². The Morgan fingerprint density at radius 2 is 1.65 bits per heavy atom. The van der Waals surface area contributed by atoms with Crippen LogP contribution >= 0.6 is 0 Å². The van der Waals surface area contributed by atoms with Crippen molar-refractivity contribution >= 4 is 11.6 Å². The van der Waals surface area contributed by atoms with Crippen LogP contribution in [0.25, 0.3) is 0 Å². The van der Waals surface area contributed by atoms with E-state index in [-0.39, 0.29) is 5.69 Å². The van der Waals surface area contributed by atoms with Gasteiger partial charge in [-0.2, -0.15) is 13.2 Å². The van der Waals surface area contributed by atoms with E-state index in [1.807, 2.05) is 35.6 Å². The molecule has 23 heavy (non-hydrogen) atoms. The minimum absolute atomic E-state index is 0.0920. The molecule has 0 radical (unpaired) electrons. The number of rotatable bonds is 4. The summed E-state index contributed by atoms with van der Waals surface area (Å²) < 4.78 is 42.6. The SMILES string of the molecule is Cc1cc(NC(=O)C(F)(F)F)cc(C)c1OCc1ccccc1. The van der Waals surface area contributed by atoms with Crippen molar-refractivity contribution < 1.29 is 22.7 Å². The molecule has 0 aliphatic rings. The third kappa shape index (κ3) is 4.48. The Hall–Kier alpha value is -2.50. The maximum Gasteiger partial charge on any atom is 0.471 e. The first-order valence-electron chi connectivity index (χ1n) is 6.93. The number of carbonyl (C=O) groups excluding carboxylic acids is 1. The number of halogens is 3. The molecule has 2 aromatic rings. The monoisotopic (exact) mass is 323 g/mol. The van der Waals surface area contributed by atoms with Crippen LogP contribution in [0.2, 0.25) is 0 Å². The number of anilines is 1. The molecule has 1 N–H and O–H groups in total. The number of nitrogens with one attached hydrogen (secondary N) is 1. The smallest absolute Gasteiger partial charge is 0.471 e. The zero-order chi connectivity index (χ0) is 17.0. The molecule has 0 aliphatic carbocycles. The van der Waals surface area contributed by atoms with Crippen LogP contribution in [-0.2, 0) is 11.4 Å². The molecular formula is C17H16F3NO2. The van der Waals surface area contributed by atoms with Crippen LogP contribution in [0.5, 0.6) is 5.75 Å². The van der Waals surface area contributed by atoms with Crippen molar-refractivity contribution in [3.05, 3.63) is 59.2 Å². The number of alkyl halides is 3. The molecule has 0 saturated heterocycles. The van der Waals surface area contributed by atoms with Gasteiger partial charge in [-0.05, 0) is 42.7 Å². The average Bonchev–Trinajstić information content (AvgIpc) is 2.46. The highest BCUT2D eigenvalue weighted by atomic mass is 19.4. The second-order valence-corrected chi connectivity index (χ2v) is 5.17. The quantitative estimate of drug-likeness (QED) is 0.906. The van der Waals surface area contributed by atoms with E-state index in [1.165, 1.54) is 12.1 Å². The van der Waals surface area contributed by atoms with Gasteiger partial charge < -0.3 is 10.1 Å². The van der Waals surface area contributed by atoms with Crippen LogP contribution in [0.4, 0.5) is 18.9 Å². The number of amides is 1. The molecule has 0 heterocycles. The first-order chi connectivity index (χ1) is 10.8. The molecule has 1 amide bonds. The second kappa shape index (κ2) is 6.73. The van der Waals surface area contributed by atoms with E-state index in [4.69, 9.17) is 4.74 Å². The summed E-state index contributed by atoms with van der Waals surface area (Å²) in [6.45, 7) is 3.80. The number of benzene rings is 2. The Kier molecular flexibility index (Phi) is 4.93. The molecule has 0 atom stereocenters. The second-order valence-electron chi connectivity index (χ2n) is 5.17. The number of hydrogen-bond donors (Lipinski definition) is 1. The third-order valence-electron chi connectivity index (χ3n) is 3.20. The maximum absolute atomic E-state index is 12.3. The van der Waals surface area contributed by atoms with Gasteiger partial charge in [0.25, 0.3) is 0 Å². The number of ether oxygens (including phenoxy) is 1. The lowest BCUT2D eigenvalue weighted by Crippen LogP contribution is -2.30. The molecule has 0 bridgehead atoms. The van der Waals surface area contributed by atoms with E-state index in [9.17, 15) is 18.0 Å². The van der Waals surface area contributed by atoms with Crippen molar-refractivity contribution in [2.45, 2.75) is 26.6 Å². The van der Waals surface area contributed by atoms with Crippen LogP contribution in [0.1, 0.15) is 16.7 Å². The Balaban J connectivity index is 2.13. The van der Waals surface area contributed by atoms with E-state index in [0.29, 0.717) is 23.5 Å². The summed E-state index contributed by atoms with van der Waals surface area (Å²) >= 11 is 0. The predicted octanol–water partition coefficient (Wildman–Crippen LogP) is 4.38. The van der Waals surface area contributed by atoms with E-state index in [2.05, 4.69) is 0 Å². The molecular weight excluding hydrogens is 307 g/mol. The summed E-state index contributed by atoms with van der Waals surface area (Å²) in [5.74, 6) is -1.40. The van der Waals surface area contributed by atoms with E-state index in [1.54, 1.807) is 13.8 Å². The first kappa shape index (κ1) is 16.9. The van der Waals surface area contributed by atoms with Crippen molar-refractivity contribution in [2.24, 2.45) is 0 Å². The van der Waals surface area contributed by atoms with Gasteiger partial charge in [0.15, 0.2) is 0 Å². The summed E-state index contributed by atoms with van der Waals surface area (Å²) in [7, 11) is 0. The van der Waals surface area contributed by atoms with Crippen molar-refractivity contribution in [3.8, 4) is 5.75 Å². The van der Waals surface area contributed by atoms with E-state index < -0.39 is 12.1 Å². The topological polar surface area (TPSA) is 38.3 Å². The lowest BCUT2D eigenvalue weighted by atomic mass is 10.1. The van der Waals surface area contributed by atoms with Gasteiger partial charge in [-0.15, -0.1) is 0 Å². The molecule has 0 spiro atoms. The summed E-state index contributed by atoms with van der Waals surface area (Å²) in [5.41, 5.74) is 2.38. The zero-order valence-electron chi connectivity index (χ0n) is 12.7. The maximum atomic E-state index is 12.3. The van der Waals surface area contributed by atoms with Crippen molar-refractivity contribution in [1.82, 2.24) is 0 Å². The Morgan fingerprint density at radius 1 is 1.09 bits per heavy atom. The van der Waals surface area contributed by atoms with Crippen LogP contribution in [-0.4, -0.2) is 12.1 Å². The highest BCUT2D eigenvalue weighted by molar-refractivity contribution is 5.95. The molecule has 0 unspecified atom stereocenters. The average molecular weight is 323 g/mol. The molecule has 0 fully saturated rings. The fraction of sp³-hybridized carbons (Fsp3) is 0.235. The first-order valence-corrected chi connectivity index (χ1v) is 6.93. The minimum Gasteiger partial charge on any atom is -0.488 e. The number of aryl methyl sites for hydroxylation is 2. The summed E-state index contributed by atoms with van der Waals surface area (Å²) in [4.78, 5) is 11.0. The molecule has 122 valence electrons. The third-order valence-corrected chi connectivity index (χ3v) is 3.20. The van der Waals surface area contributed by atoms with Gasteiger partial charge in [-0.1, -0.05) is 30.3 Å². The molecule has 6 heteroatoms. The highest BCUT2D eigenvalue weighted by Gasteiger charge is 2.38. The fourth-order valence-electron chi connectivity index (χ4n) is 2.18. The van der Waals surface area contributed by atoms with Crippen LogP contribution in [0, 0.1) is 13.8 Å². The lowest BCUT2D eigenvalue weighted by molar-refractivity contribution is -0.167. The van der Waals surface area contributed by atoms with E-state index >= 15 is 0 Å². The van der Waals surface area contributed by atoms with Crippen LogP contribution < -0.4 is 10.1 Å². The summed E-state index contributed by atoms with van der Waals surface area (Å²) in [6, 6.07) is 12.4. The Labute approximate surface area is 132 Å². The van der Waals surface area contributed by atoms with Gasteiger partial charge in [0.1, 0.15) is 12.4 Å². The van der Waals surface area contributed by atoms with Gasteiger partial charge in [0.05, 0.1) is 0 Å². The Bertz CT molecular complexity index is 674. The Morgan fingerprint density at radius 3 is 2.17 bits per heavy atom. The lowest BCUT2D eigenvalue weighted by Gasteiger charge is -2.15.